The molecule has 1 aliphatic heterocycles. The molecule has 0 aromatic rings. The Bertz CT molecular complexity index is 235. The van der Waals surface area contributed by atoms with Crippen molar-refractivity contribution in [1.82, 2.24) is 10.2 Å². The molecule has 4 heteroatoms. The Balaban J connectivity index is 2.45. The van der Waals surface area contributed by atoms with Gasteiger partial charge in [-0.3, -0.25) is 4.79 Å². The van der Waals surface area contributed by atoms with Gasteiger partial charge in [-0.1, -0.05) is 6.92 Å². The molecule has 0 bridgehead atoms. The largest absolute Gasteiger partial charge is 0.376 e. The van der Waals surface area contributed by atoms with Crippen LogP contribution in [0, 0.1) is 0 Å². The average molecular weight is 228 g/mol. The minimum atomic E-state index is -0.484. The van der Waals surface area contributed by atoms with Crippen LogP contribution in [-0.4, -0.2) is 49.2 Å². The van der Waals surface area contributed by atoms with Crippen molar-refractivity contribution >= 4 is 5.91 Å². The molecule has 1 fully saturated rings. The Morgan fingerprint density at radius 3 is 2.75 bits per heavy atom. The summed E-state index contributed by atoms with van der Waals surface area (Å²) in [5, 5.41) is 3.20. The van der Waals surface area contributed by atoms with Gasteiger partial charge in [-0.2, -0.15) is 0 Å². The topological polar surface area (TPSA) is 41.6 Å². The summed E-state index contributed by atoms with van der Waals surface area (Å²) in [6.45, 7) is 8.19. The molecule has 0 aliphatic carbocycles. The van der Waals surface area contributed by atoms with Crippen LogP contribution in [0.1, 0.15) is 33.6 Å². The molecule has 1 aliphatic rings. The van der Waals surface area contributed by atoms with E-state index < -0.39 is 5.54 Å². The monoisotopic (exact) mass is 228 g/mol. The molecular weight excluding hydrogens is 204 g/mol. The molecule has 1 unspecified atom stereocenters. The van der Waals surface area contributed by atoms with Gasteiger partial charge >= 0.3 is 0 Å². The summed E-state index contributed by atoms with van der Waals surface area (Å²) >= 11 is 0. The fraction of sp³-hybridized carbons (Fsp3) is 0.917. The lowest BCUT2D eigenvalue weighted by Crippen LogP contribution is -2.54. The maximum absolute atomic E-state index is 12.2. The van der Waals surface area contributed by atoms with Crippen molar-refractivity contribution in [3.05, 3.63) is 0 Å². The number of nitrogens with zero attached hydrogens (tertiary/aromatic N) is 1. The van der Waals surface area contributed by atoms with Crippen LogP contribution in [-0.2, 0) is 9.53 Å². The van der Waals surface area contributed by atoms with Gasteiger partial charge in [0.1, 0.15) is 0 Å². The van der Waals surface area contributed by atoms with Gasteiger partial charge in [0.05, 0.1) is 11.6 Å². The minimum Gasteiger partial charge on any atom is -0.376 e. The summed E-state index contributed by atoms with van der Waals surface area (Å²) in [6, 6.07) is 0. The molecule has 0 aromatic carbocycles. The number of amides is 1. The number of nitrogens with one attached hydrogen (secondary N) is 1. The molecule has 1 rings (SSSR count). The fourth-order valence-electron chi connectivity index (χ4n) is 2.17. The van der Waals surface area contributed by atoms with E-state index in [0.29, 0.717) is 6.54 Å². The number of carbonyl (C=O) groups excluding carboxylic acids is 1. The molecule has 1 heterocycles. The van der Waals surface area contributed by atoms with Gasteiger partial charge in [-0.05, 0) is 33.2 Å². The van der Waals surface area contributed by atoms with Crippen molar-refractivity contribution in [2.75, 3.05) is 26.7 Å². The summed E-state index contributed by atoms with van der Waals surface area (Å²) in [5.41, 5.74) is -0.484. The highest BCUT2D eigenvalue weighted by Gasteiger charge is 2.30. The number of rotatable bonds is 5. The lowest BCUT2D eigenvalue weighted by atomic mass is 10.0. The first-order valence-electron chi connectivity index (χ1n) is 6.09. The molecule has 0 aromatic heterocycles. The summed E-state index contributed by atoms with van der Waals surface area (Å²) in [4.78, 5) is 13.9. The number of ether oxygens (including phenoxy) is 1. The third-order valence-electron chi connectivity index (χ3n) is 3.00. The number of likely N-dealkylation sites (N-methyl/N-ethyl adjacent to an activating group) is 2. The van der Waals surface area contributed by atoms with E-state index in [9.17, 15) is 4.79 Å². The van der Waals surface area contributed by atoms with Crippen LogP contribution in [0.3, 0.4) is 0 Å². The predicted octanol–water partition coefficient (Wildman–Crippen LogP) is 1.01. The van der Waals surface area contributed by atoms with Crippen LogP contribution in [0.25, 0.3) is 0 Å². The lowest BCUT2D eigenvalue weighted by molar-refractivity contribution is -0.137. The quantitative estimate of drug-likeness (QED) is 0.763. The first-order chi connectivity index (χ1) is 7.47. The molecule has 0 spiro atoms. The summed E-state index contributed by atoms with van der Waals surface area (Å²) in [6.07, 6.45) is 2.41. The maximum atomic E-state index is 12.2. The Morgan fingerprint density at radius 2 is 2.25 bits per heavy atom. The van der Waals surface area contributed by atoms with E-state index in [1.54, 1.807) is 4.90 Å². The van der Waals surface area contributed by atoms with Gasteiger partial charge in [0, 0.05) is 20.2 Å². The molecule has 1 amide bonds. The van der Waals surface area contributed by atoms with Crippen molar-refractivity contribution in [3.8, 4) is 0 Å². The Kier molecular flexibility index (Phi) is 4.74. The normalized spacial score (nSPS) is 21.1. The van der Waals surface area contributed by atoms with Gasteiger partial charge in [0.25, 0.3) is 0 Å². The Labute approximate surface area is 98.3 Å². The van der Waals surface area contributed by atoms with Crippen molar-refractivity contribution in [2.24, 2.45) is 0 Å². The molecule has 94 valence electrons. The summed E-state index contributed by atoms with van der Waals surface area (Å²) in [5.74, 6) is 0.129. The molecular formula is C12H24N2O2. The van der Waals surface area contributed by atoms with E-state index in [0.717, 1.165) is 26.0 Å². The number of hydrogen-bond acceptors (Lipinski definition) is 3. The zero-order valence-corrected chi connectivity index (χ0v) is 10.9. The predicted molar refractivity (Wildman–Crippen MR) is 64.4 cm³/mol. The Morgan fingerprint density at radius 1 is 1.56 bits per heavy atom. The van der Waals surface area contributed by atoms with Gasteiger partial charge in [-0.15, -0.1) is 0 Å². The molecule has 0 radical (unpaired) electrons. The SMILES string of the molecule is CCNC(C)(C)C(=O)N(C)CC1CCCO1. The third-order valence-corrected chi connectivity index (χ3v) is 3.00. The molecule has 1 N–H and O–H groups in total. The highest BCUT2D eigenvalue weighted by atomic mass is 16.5. The molecule has 1 atom stereocenters. The smallest absolute Gasteiger partial charge is 0.242 e. The van der Waals surface area contributed by atoms with E-state index in [2.05, 4.69) is 5.32 Å². The number of carbonyl (C=O) groups is 1. The van der Waals surface area contributed by atoms with Crippen LogP contribution in [0.5, 0.6) is 0 Å². The van der Waals surface area contributed by atoms with E-state index in [1.807, 2.05) is 27.8 Å². The molecule has 16 heavy (non-hydrogen) atoms. The first kappa shape index (κ1) is 13.5. The maximum Gasteiger partial charge on any atom is 0.242 e. The lowest BCUT2D eigenvalue weighted by Gasteiger charge is -2.31. The fourth-order valence-corrected chi connectivity index (χ4v) is 2.17. The minimum absolute atomic E-state index is 0.129. The molecule has 0 saturated carbocycles. The second-order valence-corrected chi connectivity index (χ2v) is 4.98. The average Bonchev–Trinajstić information content (AvgIpc) is 2.69. The number of hydrogen-bond donors (Lipinski definition) is 1. The van der Waals surface area contributed by atoms with Crippen LogP contribution in [0.15, 0.2) is 0 Å². The van der Waals surface area contributed by atoms with Gasteiger partial charge < -0.3 is 15.0 Å². The van der Waals surface area contributed by atoms with Crippen molar-refractivity contribution in [1.29, 1.82) is 0 Å². The zero-order valence-electron chi connectivity index (χ0n) is 10.9. The van der Waals surface area contributed by atoms with Crippen LogP contribution in [0.4, 0.5) is 0 Å². The van der Waals surface area contributed by atoms with E-state index in [4.69, 9.17) is 4.74 Å². The van der Waals surface area contributed by atoms with E-state index >= 15 is 0 Å². The van der Waals surface area contributed by atoms with Crippen molar-refractivity contribution in [2.45, 2.75) is 45.3 Å². The summed E-state index contributed by atoms with van der Waals surface area (Å²) < 4.78 is 5.53. The van der Waals surface area contributed by atoms with Crippen LogP contribution >= 0.6 is 0 Å². The molecule has 1 saturated heterocycles. The van der Waals surface area contributed by atoms with Gasteiger partial charge in [0.15, 0.2) is 0 Å². The highest BCUT2D eigenvalue weighted by molar-refractivity contribution is 5.85. The van der Waals surface area contributed by atoms with Crippen molar-refractivity contribution < 1.29 is 9.53 Å². The summed E-state index contributed by atoms with van der Waals surface area (Å²) in [7, 11) is 1.85. The van der Waals surface area contributed by atoms with E-state index in [-0.39, 0.29) is 12.0 Å². The Hall–Kier alpha value is -0.610. The highest BCUT2D eigenvalue weighted by Crippen LogP contribution is 2.14. The van der Waals surface area contributed by atoms with E-state index in [1.165, 1.54) is 0 Å². The van der Waals surface area contributed by atoms with Crippen LogP contribution in [0.2, 0.25) is 0 Å². The van der Waals surface area contributed by atoms with Crippen LogP contribution < -0.4 is 5.32 Å². The zero-order chi connectivity index (χ0) is 12.2. The van der Waals surface area contributed by atoms with Crippen molar-refractivity contribution in [3.63, 3.8) is 0 Å². The van der Waals surface area contributed by atoms with Gasteiger partial charge in [-0.25, -0.2) is 0 Å². The van der Waals surface area contributed by atoms with Gasteiger partial charge in [0.2, 0.25) is 5.91 Å². The molecule has 4 nitrogen and oxygen atoms in total. The second-order valence-electron chi connectivity index (χ2n) is 4.98. The third kappa shape index (κ3) is 3.46. The second kappa shape index (κ2) is 5.64. The first-order valence-corrected chi connectivity index (χ1v) is 6.09. The standard InChI is InChI=1S/C12H24N2O2/c1-5-13-12(2,3)11(15)14(4)9-10-7-6-8-16-10/h10,13H,5-9H2,1-4H3.